The summed E-state index contributed by atoms with van der Waals surface area (Å²) in [5.41, 5.74) is 1.17. The predicted molar refractivity (Wildman–Crippen MR) is 246 cm³/mol. The summed E-state index contributed by atoms with van der Waals surface area (Å²) in [6.07, 6.45) is 7.98. The monoisotopic (exact) mass is 928 g/mol. The third-order valence-electron chi connectivity index (χ3n) is 13.8. The zero-order valence-electron chi connectivity index (χ0n) is 37.7. The van der Waals surface area contributed by atoms with Gasteiger partial charge >= 0.3 is 7.12 Å². The molecule has 1 aliphatic heterocycles. The first-order chi connectivity index (χ1) is 30.4. The number of carbonyl (C=O) groups excluding carboxylic acids is 2. The van der Waals surface area contributed by atoms with Crippen LogP contribution in [0.5, 0.6) is 11.5 Å². The van der Waals surface area contributed by atoms with Crippen LogP contribution < -0.4 is 14.9 Å². The van der Waals surface area contributed by atoms with Crippen molar-refractivity contribution in [1.82, 2.24) is 0 Å². The van der Waals surface area contributed by atoms with Crippen LogP contribution in [0, 0.1) is 25.0 Å². The van der Waals surface area contributed by atoms with Crippen molar-refractivity contribution < 1.29 is 46.6 Å². The number of fused-ring (bicyclic) bond motifs is 4. The summed E-state index contributed by atoms with van der Waals surface area (Å²) in [4.78, 5) is 48.4. The number of rotatable bonds is 8. The van der Waals surface area contributed by atoms with Gasteiger partial charge in [0, 0.05) is 48.6 Å². The molecule has 5 aliphatic rings. The van der Waals surface area contributed by atoms with Crippen molar-refractivity contribution in [2.24, 2.45) is 4.36 Å². The lowest BCUT2D eigenvalue weighted by molar-refractivity contribution is -0.385. The van der Waals surface area contributed by atoms with E-state index >= 15 is 0 Å². The highest BCUT2D eigenvalue weighted by atomic mass is 32.2. The quantitative estimate of drug-likeness (QED) is 0.100. The number of carbonyl (C=O) groups is 2. The number of ether oxygens (including phenoxy) is 2. The normalized spacial score (nSPS) is 20.6. The summed E-state index contributed by atoms with van der Waals surface area (Å²) in [6, 6.07) is 20.2. The molecule has 2 atom stereocenters. The Balaban J connectivity index is 0.000000157. The number of hydrogen-bond acceptors (Lipinski definition) is 14. The SMILES string of the molecule is CC1(C)OB(c2cc([N+](=O)[O-])c3c(c2)C2(CCC2)C(=O)C3)OC1(C)C.COc1ccccc1S(C)(=N)=O.COc1ccccc1S(C)(=O)=Nc1cc([N+](=O)[O-])c2c(c1)C1(CCC1)C(=O)C2. The molecule has 4 aliphatic carbocycles. The van der Waals surface area contributed by atoms with E-state index in [-0.39, 0.29) is 41.5 Å². The summed E-state index contributed by atoms with van der Waals surface area (Å²) in [5, 5.41) is 23.3. The van der Waals surface area contributed by atoms with Crippen LogP contribution in [-0.2, 0) is 62.0 Å². The van der Waals surface area contributed by atoms with E-state index in [0.29, 0.717) is 56.3 Å². The fraction of sp³-hybridized carbons (Fsp3) is 0.435. The Bertz CT molecular complexity index is 2870. The van der Waals surface area contributed by atoms with Gasteiger partial charge in [-0.1, -0.05) is 43.2 Å². The average Bonchev–Trinajstić information content (AvgIpc) is 3.77. The number of benzene rings is 4. The smallest absolute Gasteiger partial charge is 0.495 e. The van der Waals surface area contributed by atoms with Gasteiger partial charge in [-0.05, 0) is 100 Å². The Kier molecular flexibility index (Phi) is 12.5. The molecule has 19 heteroatoms. The van der Waals surface area contributed by atoms with Crippen molar-refractivity contribution in [2.75, 3.05) is 26.7 Å². The zero-order chi connectivity index (χ0) is 47.5. The molecule has 9 rings (SSSR count). The van der Waals surface area contributed by atoms with Crippen LogP contribution in [0.1, 0.15) is 88.5 Å². The fourth-order valence-corrected chi connectivity index (χ4v) is 11.6. The first-order valence-corrected chi connectivity index (χ1v) is 25.1. The van der Waals surface area contributed by atoms with E-state index in [2.05, 4.69) is 4.36 Å². The number of Topliss-reactive ketones (excluding diaryl/α,β-unsaturated/α-hetero) is 2. The minimum atomic E-state index is -2.91. The molecular formula is C46H53BN4O12S2. The lowest BCUT2D eigenvalue weighted by atomic mass is 9.63. The average molecular weight is 929 g/mol. The van der Waals surface area contributed by atoms with Gasteiger partial charge in [0.15, 0.2) is 0 Å². The van der Waals surface area contributed by atoms with Gasteiger partial charge in [-0.3, -0.25) is 29.8 Å². The maximum Gasteiger partial charge on any atom is 0.495 e. The molecule has 2 unspecified atom stereocenters. The lowest BCUT2D eigenvalue weighted by Gasteiger charge is -2.37. The Labute approximate surface area is 379 Å². The molecule has 1 N–H and O–H groups in total. The minimum absolute atomic E-state index is 0.0133. The Morgan fingerprint density at radius 1 is 0.692 bits per heavy atom. The van der Waals surface area contributed by atoms with Crippen molar-refractivity contribution in [3.05, 3.63) is 115 Å². The molecule has 1 heterocycles. The molecule has 2 spiro atoms. The van der Waals surface area contributed by atoms with Crippen LogP contribution >= 0.6 is 0 Å². The topological polar surface area (TPSA) is 228 Å². The van der Waals surface area contributed by atoms with E-state index < -0.39 is 58.5 Å². The number of nitro groups is 2. The van der Waals surface area contributed by atoms with Crippen molar-refractivity contribution in [3.63, 3.8) is 0 Å². The van der Waals surface area contributed by atoms with Crippen molar-refractivity contribution >= 4 is 60.7 Å². The van der Waals surface area contributed by atoms with Crippen LogP contribution in [0.2, 0.25) is 0 Å². The van der Waals surface area contributed by atoms with Gasteiger partial charge in [0.05, 0.1) is 81.0 Å². The Morgan fingerprint density at radius 2 is 1.12 bits per heavy atom. The van der Waals surface area contributed by atoms with Gasteiger partial charge in [0.2, 0.25) is 0 Å². The van der Waals surface area contributed by atoms with Gasteiger partial charge in [0.25, 0.3) is 11.4 Å². The van der Waals surface area contributed by atoms with Crippen molar-refractivity contribution in [2.45, 2.75) is 111 Å². The number of ketones is 2. The molecule has 0 radical (unpaired) electrons. The molecular weight excluding hydrogens is 875 g/mol. The third-order valence-corrected chi connectivity index (χ3v) is 16.7. The van der Waals surface area contributed by atoms with Crippen LogP contribution in [-0.4, -0.2) is 74.9 Å². The highest BCUT2D eigenvalue weighted by molar-refractivity contribution is 7.93. The second kappa shape index (κ2) is 17.1. The van der Waals surface area contributed by atoms with Gasteiger partial charge in [-0.25, -0.2) is 13.2 Å². The Morgan fingerprint density at radius 3 is 1.54 bits per heavy atom. The van der Waals surface area contributed by atoms with E-state index in [4.69, 9.17) is 23.6 Å². The molecule has 0 amide bonds. The first-order valence-electron chi connectivity index (χ1n) is 21.2. The van der Waals surface area contributed by atoms with E-state index in [0.717, 1.165) is 31.2 Å². The fourth-order valence-electron chi connectivity index (χ4n) is 9.28. The molecule has 344 valence electrons. The number of nitro benzene ring substituents is 2. The van der Waals surface area contributed by atoms with Crippen molar-refractivity contribution in [1.29, 1.82) is 4.78 Å². The van der Waals surface area contributed by atoms with Crippen LogP contribution in [0.25, 0.3) is 0 Å². The third kappa shape index (κ3) is 8.47. The molecule has 1 saturated heterocycles. The standard InChI is InChI=1S/C20H20N2O5S.C18H22BNO5.C8H11NO2S/c1-27-17-6-3-4-7-18(17)28(2,26)21-13-10-15-14(16(11-13)22(24)25)12-19(23)20(15)8-5-9-20;1-16(2)17(3,4)25-19(24-16)11-8-13-12(14(9-11)20(22)23)10-15(21)18(13)6-5-7-18;1-11-7-5-3-4-6-8(7)12(2,9)10/h3-4,6-7,10-11H,5,8-9,12H2,1-2H3;8-9H,5-7,10H2,1-4H3;3-6,9H,1-2H3. The first kappa shape index (κ1) is 47.5. The Hall–Kier alpha value is -5.50. The zero-order valence-corrected chi connectivity index (χ0v) is 39.4. The second-order valence-corrected chi connectivity index (χ2v) is 22.6. The molecule has 3 fully saturated rings. The molecule has 4 aromatic rings. The van der Waals surface area contributed by atoms with Gasteiger partial charge in [-0.15, -0.1) is 0 Å². The maximum atomic E-state index is 13.3. The summed E-state index contributed by atoms with van der Waals surface area (Å²) in [5.74, 6) is 1.11. The number of nitrogens with zero attached hydrogens (tertiary/aromatic N) is 3. The second-order valence-electron chi connectivity index (χ2n) is 18.3. The maximum absolute atomic E-state index is 13.3. The molecule has 0 bridgehead atoms. The lowest BCUT2D eigenvalue weighted by Crippen LogP contribution is -2.41. The summed E-state index contributed by atoms with van der Waals surface area (Å²) in [6.45, 7) is 7.80. The number of methoxy groups -OCH3 is 2. The number of nitrogens with one attached hydrogen (secondary N) is 1. The molecule has 2 saturated carbocycles. The number of hydrogen-bond donors (Lipinski definition) is 1. The van der Waals surface area contributed by atoms with E-state index in [1.54, 1.807) is 54.6 Å². The van der Waals surface area contributed by atoms with Crippen molar-refractivity contribution in [3.8, 4) is 11.5 Å². The predicted octanol–water partition coefficient (Wildman–Crippen LogP) is 8.11. The molecule has 65 heavy (non-hydrogen) atoms. The van der Waals surface area contributed by atoms with E-state index in [1.807, 2.05) is 33.8 Å². The highest BCUT2D eigenvalue weighted by Crippen LogP contribution is 2.54. The van der Waals surface area contributed by atoms with Gasteiger partial charge < -0.3 is 18.8 Å². The van der Waals surface area contributed by atoms with Crippen LogP contribution in [0.3, 0.4) is 0 Å². The van der Waals surface area contributed by atoms with Crippen LogP contribution in [0.4, 0.5) is 17.1 Å². The van der Waals surface area contributed by atoms with E-state index in [1.165, 1.54) is 38.9 Å². The number of para-hydroxylation sites is 2. The molecule has 0 aromatic heterocycles. The highest BCUT2D eigenvalue weighted by Gasteiger charge is 2.56. The van der Waals surface area contributed by atoms with Gasteiger partial charge in [-0.2, -0.15) is 4.36 Å². The van der Waals surface area contributed by atoms with Gasteiger partial charge in [0.1, 0.15) is 23.1 Å². The largest absolute Gasteiger partial charge is 0.495 e. The van der Waals surface area contributed by atoms with Crippen LogP contribution in [0.15, 0.2) is 87.0 Å². The molecule has 4 aromatic carbocycles. The molecule has 16 nitrogen and oxygen atoms in total. The summed E-state index contributed by atoms with van der Waals surface area (Å²) >= 11 is 0. The summed E-state index contributed by atoms with van der Waals surface area (Å²) < 4.78 is 58.8. The minimum Gasteiger partial charge on any atom is -0.495 e. The summed E-state index contributed by atoms with van der Waals surface area (Å²) in [7, 11) is -3.26. The van der Waals surface area contributed by atoms with E-state index in [9.17, 15) is 38.2 Å².